The number of anilines is 1. The summed E-state index contributed by atoms with van der Waals surface area (Å²) in [5.74, 6) is 3.02. The van der Waals surface area contributed by atoms with Gasteiger partial charge in [0.05, 0.1) is 7.11 Å². The highest BCUT2D eigenvalue weighted by Crippen LogP contribution is 2.20. The molecule has 166 valence electrons. The number of rotatable bonds is 8. The van der Waals surface area contributed by atoms with Crippen molar-refractivity contribution in [2.24, 2.45) is 4.99 Å². The molecule has 7 nitrogen and oxygen atoms in total. The number of ether oxygens (including phenoxy) is 1. The minimum atomic E-state index is 0. The van der Waals surface area contributed by atoms with Gasteiger partial charge in [-0.05, 0) is 51.0 Å². The van der Waals surface area contributed by atoms with E-state index in [1.165, 1.54) is 5.69 Å². The SMILES string of the molecule is CCNC(=NCCCCn1ccnc1C)N1CCN(c2ccc(OC)cc2)CC1.I. The summed E-state index contributed by atoms with van der Waals surface area (Å²) in [5, 5.41) is 3.46. The van der Waals surface area contributed by atoms with Crippen molar-refractivity contribution in [3.63, 3.8) is 0 Å². The van der Waals surface area contributed by atoms with Crippen LogP contribution in [0.15, 0.2) is 41.7 Å². The third-order valence-corrected chi connectivity index (χ3v) is 5.34. The van der Waals surface area contributed by atoms with E-state index >= 15 is 0 Å². The number of piperazine rings is 1. The molecule has 1 aromatic heterocycles. The zero-order chi connectivity index (χ0) is 20.5. The van der Waals surface area contributed by atoms with E-state index in [2.05, 4.69) is 43.7 Å². The maximum atomic E-state index is 5.26. The molecule has 30 heavy (non-hydrogen) atoms. The number of guanidine groups is 1. The van der Waals surface area contributed by atoms with Crippen LogP contribution in [-0.4, -0.2) is 66.8 Å². The van der Waals surface area contributed by atoms with Crippen LogP contribution < -0.4 is 15.0 Å². The van der Waals surface area contributed by atoms with E-state index in [1.54, 1.807) is 7.11 Å². The second kappa shape index (κ2) is 12.7. The summed E-state index contributed by atoms with van der Waals surface area (Å²) in [6, 6.07) is 8.32. The Morgan fingerprint density at radius 1 is 1.13 bits per heavy atom. The molecule has 1 aromatic carbocycles. The number of methoxy groups -OCH3 is 1. The lowest BCUT2D eigenvalue weighted by Crippen LogP contribution is -2.52. The Labute approximate surface area is 197 Å². The molecule has 0 atom stereocenters. The van der Waals surface area contributed by atoms with Crippen LogP contribution in [0.3, 0.4) is 0 Å². The van der Waals surface area contributed by atoms with Crippen LogP contribution in [0.2, 0.25) is 0 Å². The molecule has 0 saturated carbocycles. The van der Waals surface area contributed by atoms with Gasteiger partial charge < -0.3 is 24.4 Å². The number of imidazole rings is 1. The number of benzene rings is 1. The fourth-order valence-corrected chi connectivity index (χ4v) is 3.61. The molecule has 1 N–H and O–H groups in total. The molecule has 0 unspecified atom stereocenters. The lowest BCUT2D eigenvalue weighted by atomic mass is 10.2. The van der Waals surface area contributed by atoms with Crippen LogP contribution >= 0.6 is 24.0 Å². The summed E-state index contributed by atoms with van der Waals surface area (Å²) in [6.07, 6.45) is 6.11. The van der Waals surface area contributed by atoms with E-state index in [4.69, 9.17) is 9.73 Å². The quantitative estimate of drug-likeness (QED) is 0.248. The van der Waals surface area contributed by atoms with Crippen molar-refractivity contribution in [3.8, 4) is 5.75 Å². The fourth-order valence-electron chi connectivity index (χ4n) is 3.61. The van der Waals surface area contributed by atoms with Crippen molar-refractivity contribution >= 4 is 35.6 Å². The number of aliphatic imine (C=N–C) groups is 1. The van der Waals surface area contributed by atoms with E-state index in [9.17, 15) is 0 Å². The van der Waals surface area contributed by atoms with Gasteiger partial charge in [-0.3, -0.25) is 4.99 Å². The Morgan fingerprint density at radius 3 is 2.47 bits per heavy atom. The fraction of sp³-hybridized carbons (Fsp3) is 0.545. The molecule has 0 radical (unpaired) electrons. The Bertz CT molecular complexity index is 768. The second-order valence-corrected chi connectivity index (χ2v) is 7.28. The van der Waals surface area contributed by atoms with E-state index in [1.807, 2.05) is 31.5 Å². The van der Waals surface area contributed by atoms with Gasteiger partial charge in [-0.15, -0.1) is 24.0 Å². The van der Waals surface area contributed by atoms with Gasteiger partial charge in [0, 0.05) is 63.9 Å². The maximum absolute atomic E-state index is 5.26. The number of aryl methyl sites for hydroxylation is 2. The van der Waals surface area contributed by atoms with Crippen molar-refractivity contribution in [2.75, 3.05) is 51.3 Å². The van der Waals surface area contributed by atoms with Crippen LogP contribution in [0.4, 0.5) is 5.69 Å². The van der Waals surface area contributed by atoms with Crippen molar-refractivity contribution in [2.45, 2.75) is 33.2 Å². The third kappa shape index (κ3) is 6.78. The third-order valence-electron chi connectivity index (χ3n) is 5.34. The number of unbranched alkanes of at least 4 members (excludes halogenated alkanes) is 1. The second-order valence-electron chi connectivity index (χ2n) is 7.28. The van der Waals surface area contributed by atoms with E-state index < -0.39 is 0 Å². The molecular weight excluding hydrogens is 491 g/mol. The summed E-state index contributed by atoms with van der Waals surface area (Å²) in [5.41, 5.74) is 1.25. The summed E-state index contributed by atoms with van der Waals surface area (Å²) < 4.78 is 7.46. The van der Waals surface area contributed by atoms with Crippen molar-refractivity contribution < 1.29 is 4.74 Å². The normalized spacial score (nSPS) is 14.4. The molecule has 1 aliphatic heterocycles. The largest absolute Gasteiger partial charge is 0.497 e. The number of aromatic nitrogens is 2. The Morgan fingerprint density at radius 2 is 1.87 bits per heavy atom. The number of hydrogen-bond acceptors (Lipinski definition) is 4. The molecule has 1 fully saturated rings. The van der Waals surface area contributed by atoms with Crippen LogP contribution in [0.5, 0.6) is 5.75 Å². The highest BCUT2D eigenvalue weighted by atomic mass is 127. The van der Waals surface area contributed by atoms with Crippen molar-refractivity contribution in [1.82, 2.24) is 19.8 Å². The first-order chi connectivity index (χ1) is 14.2. The van der Waals surface area contributed by atoms with E-state index in [0.29, 0.717) is 0 Å². The number of hydrogen-bond donors (Lipinski definition) is 1. The summed E-state index contributed by atoms with van der Waals surface area (Å²) in [4.78, 5) is 13.9. The Kier molecular flexibility index (Phi) is 10.3. The predicted octanol–water partition coefficient (Wildman–Crippen LogP) is 3.39. The topological polar surface area (TPSA) is 57.9 Å². The number of nitrogens with one attached hydrogen (secondary N) is 1. The maximum Gasteiger partial charge on any atom is 0.194 e. The summed E-state index contributed by atoms with van der Waals surface area (Å²) in [6.45, 7) is 10.9. The molecule has 1 aliphatic rings. The molecule has 1 saturated heterocycles. The molecule has 3 rings (SSSR count). The smallest absolute Gasteiger partial charge is 0.194 e. The lowest BCUT2D eigenvalue weighted by molar-refractivity contribution is 0.372. The van der Waals surface area contributed by atoms with Crippen LogP contribution in [0.25, 0.3) is 0 Å². The zero-order valence-electron chi connectivity index (χ0n) is 18.4. The standard InChI is InChI=1S/C22H34N6O.HI/c1-4-23-22(25-11-5-6-13-26-14-12-24-19(26)2)28-17-15-27(16-18-28)20-7-9-21(29-3)10-8-20;/h7-10,12,14H,4-6,11,13,15-18H2,1-3H3,(H,23,25);1H. The average Bonchev–Trinajstić information content (AvgIpc) is 3.17. The molecule has 8 heteroatoms. The van der Waals surface area contributed by atoms with Crippen LogP contribution in [-0.2, 0) is 6.54 Å². The van der Waals surface area contributed by atoms with Gasteiger partial charge in [0.25, 0.3) is 0 Å². The van der Waals surface area contributed by atoms with E-state index in [0.717, 1.165) is 76.2 Å². The van der Waals surface area contributed by atoms with Gasteiger partial charge >= 0.3 is 0 Å². The molecular formula is C22H35IN6O. The first kappa shape index (κ1) is 24.3. The lowest BCUT2D eigenvalue weighted by Gasteiger charge is -2.37. The van der Waals surface area contributed by atoms with Crippen molar-refractivity contribution in [3.05, 3.63) is 42.5 Å². The summed E-state index contributed by atoms with van der Waals surface area (Å²) >= 11 is 0. The van der Waals surface area contributed by atoms with Gasteiger partial charge in [0.1, 0.15) is 11.6 Å². The molecule has 0 aliphatic carbocycles. The zero-order valence-corrected chi connectivity index (χ0v) is 20.7. The average molecular weight is 526 g/mol. The van der Waals surface area contributed by atoms with Gasteiger partial charge in [-0.2, -0.15) is 0 Å². The van der Waals surface area contributed by atoms with Crippen molar-refractivity contribution in [1.29, 1.82) is 0 Å². The van der Waals surface area contributed by atoms with Gasteiger partial charge in [-0.1, -0.05) is 0 Å². The van der Waals surface area contributed by atoms with Gasteiger partial charge in [0.15, 0.2) is 5.96 Å². The molecule has 2 heterocycles. The molecule has 0 bridgehead atoms. The number of halogens is 1. The molecule has 2 aromatic rings. The molecule has 0 spiro atoms. The van der Waals surface area contributed by atoms with E-state index in [-0.39, 0.29) is 24.0 Å². The van der Waals surface area contributed by atoms with Gasteiger partial charge in [-0.25, -0.2) is 4.98 Å². The summed E-state index contributed by atoms with van der Waals surface area (Å²) in [7, 11) is 1.70. The minimum absolute atomic E-state index is 0. The predicted molar refractivity (Wildman–Crippen MR) is 134 cm³/mol. The van der Waals surface area contributed by atoms with Gasteiger partial charge in [0.2, 0.25) is 0 Å². The Hall–Kier alpha value is -1.97. The highest BCUT2D eigenvalue weighted by Gasteiger charge is 2.19. The Balaban J connectivity index is 0.00000320. The highest BCUT2D eigenvalue weighted by molar-refractivity contribution is 14.0. The van der Waals surface area contributed by atoms with Crippen LogP contribution in [0, 0.1) is 6.92 Å². The first-order valence-electron chi connectivity index (χ1n) is 10.6. The minimum Gasteiger partial charge on any atom is -0.497 e. The molecule has 0 amide bonds. The van der Waals surface area contributed by atoms with Crippen LogP contribution in [0.1, 0.15) is 25.6 Å². The first-order valence-corrected chi connectivity index (χ1v) is 10.6. The number of nitrogens with zero attached hydrogens (tertiary/aromatic N) is 5. The monoisotopic (exact) mass is 526 g/mol.